The third-order valence-corrected chi connectivity index (χ3v) is 3.52. The van der Waals surface area contributed by atoms with Crippen molar-refractivity contribution >= 4 is 22.9 Å². The van der Waals surface area contributed by atoms with Gasteiger partial charge in [-0.3, -0.25) is 0 Å². The Hall–Kier alpha value is 0.650. The first-order valence-corrected chi connectivity index (χ1v) is 4.50. The van der Waals surface area contributed by atoms with E-state index in [1.165, 1.54) is 25.9 Å². The summed E-state index contributed by atoms with van der Waals surface area (Å²) in [5, 5.41) is 3.50. The van der Waals surface area contributed by atoms with E-state index in [2.05, 4.69) is 31.3 Å². The molecule has 1 N–H and O–H groups in total. The molecule has 0 spiro atoms. The summed E-state index contributed by atoms with van der Waals surface area (Å²) in [6.07, 6.45) is 2.71. The van der Waals surface area contributed by atoms with Crippen LogP contribution in [-0.2, 0) is 0 Å². The molecule has 2 fully saturated rings. The van der Waals surface area contributed by atoms with Gasteiger partial charge < -0.3 is 5.32 Å². The van der Waals surface area contributed by atoms with E-state index in [0.29, 0.717) is 0 Å². The summed E-state index contributed by atoms with van der Waals surface area (Å²) in [5.41, 5.74) is 0. The molecular formula is C6H11IN2. The maximum absolute atomic E-state index is 3.50. The lowest BCUT2D eigenvalue weighted by atomic mass is 10.1. The molecule has 2 aliphatic rings. The Morgan fingerprint density at radius 1 is 1.44 bits per heavy atom. The smallest absolute Gasteiger partial charge is 0.0360 e. The van der Waals surface area contributed by atoms with Crippen molar-refractivity contribution in [3.05, 3.63) is 0 Å². The standard InChI is InChI=1S/C6H11IN2/c7-9-4-2-5-6(9)1-3-8-5/h5-6,8H,1-4H2. The molecule has 0 radical (unpaired) electrons. The minimum Gasteiger partial charge on any atom is -0.312 e. The molecule has 2 rings (SSSR count). The molecule has 2 nitrogen and oxygen atoms in total. The van der Waals surface area contributed by atoms with Crippen LogP contribution in [0.1, 0.15) is 12.8 Å². The number of fused-ring (bicyclic) bond motifs is 1. The highest BCUT2D eigenvalue weighted by atomic mass is 127. The summed E-state index contributed by atoms with van der Waals surface area (Å²) in [5.74, 6) is 0. The lowest BCUT2D eigenvalue weighted by Crippen LogP contribution is -2.28. The quantitative estimate of drug-likeness (QED) is 0.495. The number of nitrogens with one attached hydrogen (secondary N) is 1. The van der Waals surface area contributed by atoms with Gasteiger partial charge in [0.1, 0.15) is 0 Å². The summed E-state index contributed by atoms with van der Waals surface area (Å²) in [4.78, 5) is 0. The largest absolute Gasteiger partial charge is 0.312 e. The molecule has 2 aliphatic heterocycles. The lowest BCUT2D eigenvalue weighted by molar-refractivity contribution is 0.466. The number of halogens is 1. The number of hydrogen-bond acceptors (Lipinski definition) is 2. The molecular weight excluding hydrogens is 227 g/mol. The Bertz CT molecular complexity index is 118. The fourth-order valence-electron chi connectivity index (χ4n) is 1.81. The Morgan fingerprint density at radius 2 is 2.33 bits per heavy atom. The van der Waals surface area contributed by atoms with Gasteiger partial charge in [-0.25, -0.2) is 3.11 Å². The first kappa shape index (κ1) is 6.37. The monoisotopic (exact) mass is 238 g/mol. The summed E-state index contributed by atoms with van der Waals surface area (Å²) in [7, 11) is 0. The highest BCUT2D eigenvalue weighted by Gasteiger charge is 2.35. The summed E-state index contributed by atoms with van der Waals surface area (Å²) in [6.45, 7) is 2.51. The maximum Gasteiger partial charge on any atom is 0.0360 e. The Morgan fingerprint density at radius 3 is 3.11 bits per heavy atom. The SMILES string of the molecule is IN1CCC2NCCC21. The predicted molar refractivity (Wildman–Crippen MR) is 45.5 cm³/mol. The van der Waals surface area contributed by atoms with E-state index in [0.717, 1.165) is 12.1 Å². The fraction of sp³-hybridized carbons (Fsp3) is 1.00. The normalized spacial score (nSPS) is 43.7. The molecule has 0 aromatic carbocycles. The second-order valence-electron chi connectivity index (χ2n) is 2.83. The van der Waals surface area contributed by atoms with Gasteiger partial charge in [0.15, 0.2) is 0 Å². The minimum absolute atomic E-state index is 0.821. The van der Waals surface area contributed by atoms with Crippen molar-refractivity contribution in [3.8, 4) is 0 Å². The second-order valence-corrected chi connectivity index (χ2v) is 4.07. The molecule has 0 saturated carbocycles. The Kier molecular flexibility index (Phi) is 1.67. The van der Waals surface area contributed by atoms with Gasteiger partial charge in [0.05, 0.1) is 0 Å². The zero-order chi connectivity index (χ0) is 6.27. The predicted octanol–water partition coefficient (Wildman–Crippen LogP) is 0.773. The van der Waals surface area contributed by atoms with Crippen molar-refractivity contribution in [2.75, 3.05) is 13.1 Å². The van der Waals surface area contributed by atoms with Crippen molar-refractivity contribution in [1.82, 2.24) is 8.43 Å². The first-order chi connectivity index (χ1) is 4.38. The van der Waals surface area contributed by atoms with Gasteiger partial charge in [-0.2, -0.15) is 0 Å². The van der Waals surface area contributed by atoms with Gasteiger partial charge in [0, 0.05) is 41.5 Å². The molecule has 2 atom stereocenters. The first-order valence-electron chi connectivity index (χ1n) is 3.54. The van der Waals surface area contributed by atoms with Crippen LogP contribution in [0.15, 0.2) is 0 Å². The highest BCUT2D eigenvalue weighted by Crippen LogP contribution is 2.27. The van der Waals surface area contributed by atoms with Crippen molar-refractivity contribution in [3.63, 3.8) is 0 Å². The molecule has 2 unspecified atom stereocenters. The van der Waals surface area contributed by atoms with Crippen LogP contribution < -0.4 is 5.32 Å². The van der Waals surface area contributed by atoms with Crippen molar-refractivity contribution in [2.45, 2.75) is 24.9 Å². The van der Waals surface area contributed by atoms with Crippen LogP contribution in [-0.4, -0.2) is 28.3 Å². The summed E-state index contributed by atoms with van der Waals surface area (Å²) < 4.78 is 2.45. The average Bonchev–Trinajstić information content (AvgIpc) is 2.35. The van der Waals surface area contributed by atoms with Crippen LogP contribution in [0, 0.1) is 0 Å². The van der Waals surface area contributed by atoms with E-state index >= 15 is 0 Å². The van der Waals surface area contributed by atoms with Crippen molar-refractivity contribution < 1.29 is 0 Å². The van der Waals surface area contributed by atoms with Crippen LogP contribution in [0.3, 0.4) is 0 Å². The topological polar surface area (TPSA) is 15.3 Å². The molecule has 2 saturated heterocycles. The third-order valence-electron chi connectivity index (χ3n) is 2.32. The summed E-state index contributed by atoms with van der Waals surface area (Å²) in [6, 6.07) is 1.67. The van der Waals surface area contributed by atoms with Gasteiger partial charge >= 0.3 is 0 Å². The molecule has 0 aliphatic carbocycles. The van der Waals surface area contributed by atoms with E-state index < -0.39 is 0 Å². The number of rotatable bonds is 0. The van der Waals surface area contributed by atoms with Gasteiger partial charge in [0.25, 0.3) is 0 Å². The van der Waals surface area contributed by atoms with E-state index in [1.54, 1.807) is 0 Å². The third kappa shape index (κ3) is 0.991. The Labute approximate surface area is 69.5 Å². The molecule has 9 heavy (non-hydrogen) atoms. The zero-order valence-corrected chi connectivity index (χ0v) is 7.47. The van der Waals surface area contributed by atoms with Gasteiger partial charge in [-0.05, 0) is 19.4 Å². The molecule has 0 amide bonds. The fourth-order valence-corrected chi connectivity index (χ4v) is 2.76. The maximum atomic E-state index is 3.50. The van der Waals surface area contributed by atoms with Gasteiger partial charge in [0.2, 0.25) is 0 Å². The lowest BCUT2D eigenvalue weighted by Gasteiger charge is -2.13. The highest BCUT2D eigenvalue weighted by molar-refractivity contribution is 14.1. The molecule has 3 heteroatoms. The van der Waals surface area contributed by atoms with Crippen LogP contribution in [0.4, 0.5) is 0 Å². The van der Waals surface area contributed by atoms with Crippen LogP contribution in [0.2, 0.25) is 0 Å². The summed E-state index contributed by atoms with van der Waals surface area (Å²) >= 11 is 2.44. The minimum atomic E-state index is 0.821. The Balaban J connectivity index is 2.07. The van der Waals surface area contributed by atoms with Crippen molar-refractivity contribution in [1.29, 1.82) is 0 Å². The van der Waals surface area contributed by atoms with Gasteiger partial charge in [-0.1, -0.05) is 0 Å². The van der Waals surface area contributed by atoms with Crippen LogP contribution >= 0.6 is 22.9 Å². The van der Waals surface area contributed by atoms with Crippen LogP contribution in [0.5, 0.6) is 0 Å². The zero-order valence-electron chi connectivity index (χ0n) is 5.31. The average molecular weight is 238 g/mol. The molecule has 0 aromatic rings. The van der Waals surface area contributed by atoms with E-state index in [4.69, 9.17) is 0 Å². The molecule has 0 bridgehead atoms. The van der Waals surface area contributed by atoms with Crippen molar-refractivity contribution in [2.24, 2.45) is 0 Å². The van der Waals surface area contributed by atoms with Gasteiger partial charge in [-0.15, -0.1) is 0 Å². The second kappa shape index (κ2) is 2.36. The van der Waals surface area contributed by atoms with E-state index in [-0.39, 0.29) is 0 Å². The van der Waals surface area contributed by atoms with E-state index in [1.807, 2.05) is 0 Å². The molecule has 52 valence electrons. The molecule has 2 heterocycles. The van der Waals surface area contributed by atoms with E-state index in [9.17, 15) is 0 Å². The van der Waals surface area contributed by atoms with Crippen LogP contribution in [0.25, 0.3) is 0 Å². The molecule has 0 aromatic heterocycles. The number of nitrogens with zero attached hydrogens (tertiary/aromatic N) is 1. The number of hydrogen-bond donors (Lipinski definition) is 1.